The van der Waals surface area contributed by atoms with Gasteiger partial charge in [0, 0.05) is 19.6 Å². The maximum Gasteiger partial charge on any atom is 0.303 e. The first kappa shape index (κ1) is 15.4. The molecule has 1 atom stereocenters. The van der Waals surface area contributed by atoms with Gasteiger partial charge in [0.15, 0.2) is 0 Å². The Hall–Kier alpha value is -0.610. The minimum absolute atomic E-state index is 0.307. The normalized spacial score (nSPS) is 21.1. The van der Waals surface area contributed by atoms with Crippen molar-refractivity contribution < 1.29 is 15.0 Å². The van der Waals surface area contributed by atoms with Crippen molar-refractivity contribution in [2.45, 2.75) is 51.4 Å². The largest absolute Gasteiger partial charge is 0.481 e. The molecular weight excluding hydrogens is 230 g/mol. The van der Waals surface area contributed by atoms with Crippen molar-refractivity contribution in [3.63, 3.8) is 0 Å². The first-order chi connectivity index (χ1) is 8.72. The van der Waals surface area contributed by atoms with Gasteiger partial charge in [-0.2, -0.15) is 0 Å². The van der Waals surface area contributed by atoms with E-state index in [9.17, 15) is 4.79 Å². The summed E-state index contributed by atoms with van der Waals surface area (Å²) in [5, 5.41) is 17.4. The first-order valence-electron chi connectivity index (χ1n) is 7.27. The van der Waals surface area contributed by atoms with Crippen molar-refractivity contribution in [2.24, 2.45) is 5.92 Å². The summed E-state index contributed by atoms with van der Waals surface area (Å²) in [6, 6.07) is 0. The lowest BCUT2D eigenvalue weighted by molar-refractivity contribution is -0.137. The molecule has 1 unspecified atom stereocenters. The van der Waals surface area contributed by atoms with Crippen LogP contribution < -0.4 is 0 Å². The van der Waals surface area contributed by atoms with Crippen LogP contribution in [0.2, 0.25) is 0 Å². The molecule has 1 aliphatic heterocycles. The highest BCUT2D eigenvalue weighted by atomic mass is 16.4. The number of unbranched alkanes of at least 4 members (excludes halogenated alkanes) is 3. The summed E-state index contributed by atoms with van der Waals surface area (Å²) < 4.78 is 0. The van der Waals surface area contributed by atoms with Crippen LogP contribution in [0.25, 0.3) is 0 Å². The third-order valence-corrected chi connectivity index (χ3v) is 3.75. The third kappa shape index (κ3) is 6.97. The quantitative estimate of drug-likeness (QED) is 0.621. The Morgan fingerprint density at radius 3 is 2.72 bits per heavy atom. The maximum atomic E-state index is 10.6. The van der Waals surface area contributed by atoms with Gasteiger partial charge >= 0.3 is 5.97 Å². The van der Waals surface area contributed by atoms with Crippen LogP contribution >= 0.6 is 0 Å². The molecule has 0 aliphatic carbocycles. The average Bonchev–Trinajstić information content (AvgIpc) is 2.37. The maximum absolute atomic E-state index is 10.6. The van der Waals surface area contributed by atoms with Crippen molar-refractivity contribution >= 4 is 5.97 Å². The van der Waals surface area contributed by atoms with Crippen molar-refractivity contribution in [2.75, 3.05) is 26.2 Å². The lowest BCUT2D eigenvalue weighted by Crippen LogP contribution is -2.36. The number of aliphatic hydroxyl groups excluding tert-OH is 1. The number of hydrogen-bond donors (Lipinski definition) is 2. The third-order valence-electron chi connectivity index (χ3n) is 3.75. The number of nitrogens with zero attached hydrogens (tertiary/aromatic N) is 1. The molecule has 1 saturated heterocycles. The number of hydrogen-bond acceptors (Lipinski definition) is 3. The topological polar surface area (TPSA) is 60.8 Å². The van der Waals surface area contributed by atoms with Crippen LogP contribution in [0.3, 0.4) is 0 Å². The van der Waals surface area contributed by atoms with Gasteiger partial charge in [-0.15, -0.1) is 0 Å². The van der Waals surface area contributed by atoms with Crippen LogP contribution in [0.15, 0.2) is 0 Å². The standard InChI is InChI=1S/C14H27NO3/c16-11-4-2-1-3-9-15-10-5-6-13(12-15)7-8-14(17)18/h13,16H,1-12H2,(H,17,18). The molecule has 1 aliphatic rings. The molecule has 106 valence electrons. The number of rotatable bonds is 9. The van der Waals surface area contributed by atoms with Crippen LogP contribution in [0.5, 0.6) is 0 Å². The predicted molar refractivity (Wildman–Crippen MR) is 71.6 cm³/mol. The zero-order valence-electron chi connectivity index (χ0n) is 11.3. The van der Waals surface area contributed by atoms with E-state index in [1.807, 2.05) is 0 Å². The van der Waals surface area contributed by atoms with Gasteiger partial charge in [0.05, 0.1) is 0 Å². The smallest absolute Gasteiger partial charge is 0.303 e. The van der Waals surface area contributed by atoms with Gasteiger partial charge in [-0.05, 0) is 51.1 Å². The lowest BCUT2D eigenvalue weighted by Gasteiger charge is -2.32. The minimum Gasteiger partial charge on any atom is -0.481 e. The van der Waals surface area contributed by atoms with E-state index in [1.165, 1.54) is 32.2 Å². The fourth-order valence-electron chi connectivity index (χ4n) is 2.72. The molecule has 0 saturated carbocycles. The molecule has 18 heavy (non-hydrogen) atoms. The van der Waals surface area contributed by atoms with E-state index in [1.54, 1.807) is 0 Å². The molecule has 0 aromatic heterocycles. The molecule has 4 nitrogen and oxygen atoms in total. The fraction of sp³-hybridized carbons (Fsp3) is 0.929. The number of carboxylic acid groups (broad SMARTS) is 1. The van der Waals surface area contributed by atoms with Crippen LogP contribution in [0, 0.1) is 5.92 Å². The van der Waals surface area contributed by atoms with Crippen LogP contribution in [0.4, 0.5) is 0 Å². The Kier molecular flexibility index (Phi) is 8.01. The lowest BCUT2D eigenvalue weighted by atomic mass is 9.93. The average molecular weight is 257 g/mol. The Morgan fingerprint density at radius 2 is 2.00 bits per heavy atom. The number of aliphatic carboxylic acids is 1. The number of carbonyl (C=O) groups is 1. The highest BCUT2D eigenvalue weighted by molar-refractivity contribution is 5.66. The Labute approximate surface area is 110 Å². The molecule has 0 aromatic rings. The summed E-state index contributed by atoms with van der Waals surface area (Å²) in [5.41, 5.74) is 0. The second kappa shape index (κ2) is 9.34. The Balaban J connectivity index is 2.08. The van der Waals surface area contributed by atoms with Crippen molar-refractivity contribution in [1.82, 2.24) is 4.90 Å². The number of aliphatic hydroxyl groups is 1. The van der Waals surface area contributed by atoms with E-state index in [4.69, 9.17) is 10.2 Å². The zero-order valence-corrected chi connectivity index (χ0v) is 11.3. The van der Waals surface area contributed by atoms with Crippen molar-refractivity contribution in [3.05, 3.63) is 0 Å². The van der Waals surface area contributed by atoms with Gasteiger partial charge in [-0.25, -0.2) is 0 Å². The molecule has 1 fully saturated rings. The molecule has 0 bridgehead atoms. The highest BCUT2D eigenvalue weighted by Gasteiger charge is 2.19. The summed E-state index contributed by atoms with van der Waals surface area (Å²) >= 11 is 0. The fourth-order valence-corrected chi connectivity index (χ4v) is 2.72. The van der Waals surface area contributed by atoms with Gasteiger partial charge in [0.2, 0.25) is 0 Å². The van der Waals surface area contributed by atoms with Crippen LogP contribution in [-0.2, 0) is 4.79 Å². The minimum atomic E-state index is -0.670. The van der Waals surface area contributed by atoms with Crippen LogP contribution in [0.1, 0.15) is 51.4 Å². The van der Waals surface area contributed by atoms with E-state index < -0.39 is 5.97 Å². The second-order valence-electron chi connectivity index (χ2n) is 5.38. The molecule has 0 amide bonds. The summed E-state index contributed by atoms with van der Waals surface area (Å²) in [6.07, 6.45) is 7.97. The second-order valence-corrected chi connectivity index (χ2v) is 5.38. The van der Waals surface area contributed by atoms with Crippen molar-refractivity contribution in [1.29, 1.82) is 0 Å². The van der Waals surface area contributed by atoms with Crippen molar-refractivity contribution in [3.8, 4) is 0 Å². The van der Waals surface area contributed by atoms with E-state index in [2.05, 4.69) is 4.90 Å². The first-order valence-corrected chi connectivity index (χ1v) is 7.27. The SMILES string of the molecule is O=C(O)CCC1CCCN(CCCCCCO)C1. The van der Waals surface area contributed by atoms with E-state index in [-0.39, 0.29) is 0 Å². The van der Waals surface area contributed by atoms with E-state index in [0.717, 1.165) is 32.4 Å². The van der Waals surface area contributed by atoms with Gasteiger partial charge < -0.3 is 15.1 Å². The molecule has 0 spiro atoms. The molecular formula is C14H27NO3. The van der Waals surface area contributed by atoms with E-state index in [0.29, 0.717) is 18.9 Å². The molecule has 1 rings (SSSR count). The summed E-state index contributed by atoms with van der Waals surface area (Å²) in [4.78, 5) is 13.0. The Morgan fingerprint density at radius 1 is 1.22 bits per heavy atom. The molecule has 0 aromatic carbocycles. The zero-order chi connectivity index (χ0) is 13.2. The summed E-state index contributed by atoms with van der Waals surface area (Å²) in [6.45, 7) is 3.69. The molecule has 4 heteroatoms. The number of likely N-dealkylation sites (tertiary alicyclic amines) is 1. The van der Waals surface area contributed by atoms with Gasteiger partial charge in [-0.1, -0.05) is 12.8 Å². The molecule has 0 radical (unpaired) electrons. The highest BCUT2D eigenvalue weighted by Crippen LogP contribution is 2.21. The molecule has 2 N–H and O–H groups in total. The number of carboxylic acids is 1. The van der Waals surface area contributed by atoms with Gasteiger partial charge in [-0.3, -0.25) is 4.79 Å². The summed E-state index contributed by atoms with van der Waals surface area (Å²) in [5.74, 6) is -0.0941. The molecule has 1 heterocycles. The predicted octanol–water partition coefficient (Wildman–Crippen LogP) is 2.12. The van der Waals surface area contributed by atoms with Crippen LogP contribution in [-0.4, -0.2) is 47.3 Å². The van der Waals surface area contributed by atoms with Gasteiger partial charge in [0.1, 0.15) is 0 Å². The number of piperidine rings is 1. The van der Waals surface area contributed by atoms with E-state index >= 15 is 0 Å². The Bertz CT molecular complexity index is 233. The monoisotopic (exact) mass is 257 g/mol. The summed E-state index contributed by atoms with van der Waals surface area (Å²) in [7, 11) is 0. The van der Waals surface area contributed by atoms with Gasteiger partial charge in [0.25, 0.3) is 0 Å².